The van der Waals surface area contributed by atoms with Crippen LogP contribution in [0, 0.1) is 0 Å². The van der Waals surface area contributed by atoms with E-state index in [0.29, 0.717) is 11.1 Å². The number of benzene rings is 2. The molecule has 0 unspecified atom stereocenters. The van der Waals surface area contributed by atoms with Crippen molar-refractivity contribution in [2.75, 3.05) is 0 Å². The molecule has 0 aliphatic carbocycles. The minimum absolute atomic E-state index is 0.141. The molecule has 0 amide bonds. The molecule has 0 aliphatic heterocycles. The molecular weight excluding hydrogens is 304 g/mol. The average molecular weight is 322 g/mol. The first-order valence-electron chi connectivity index (χ1n) is 7.38. The summed E-state index contributed by atoms with van der Waals surface area (Å²) >= 11 is 0. The molecule has 0 radical (unpaired) electrons. The molecule has 122 valence electrons. The Kier molecular flexibility index (Phi) is 4.99. The predicted molar refractivity (Wildman–Crippen MR) is 95.2 cm³/mol. The third-order valence-electron chi connectivity index (χ3n) is 3.66. The van der Waals surface area contributed by atoms with E-state index in [9.17, 15) is 19.8 Å². The Bertz CT molecular complexity index is 860. The van der Waals surface area contributed by atoms with Gasteiger partial charge in [-0.05, 0) is 60.4 Å². The molecule has 0 saturated carbocycles. The van der Waals surface area contributed by atoms with Crippen molar-refractivity contribution >= 4 is 23.6 Å². The fraction of sp³-hybridized carbons (Fsp3) is 0.100. The van der Waals surface area contributed by atoms with Crippen LogP contribution in [0.3, 0.4) is 0 Å². The molecule has 4 nitrogen and oxygen atoms in total. The van der Waals surface area contributed by atoms with Gasteiger partial charge in [-0.2, -0.15) is 0 Å². The molecule has 0 bridgehead atoms. The third kappa shape index (κ3) is 3.43. The van der Waals surface area contributed by atoms with Crippen LogP contribution >= 0.6 is 0 Å². The van der Waals surface area contributed by atoms with E-state index >= 15 is 0 Å². The minimum atomic E-state index is -1.04. The molecule has 4 heteroatoms. The van der Waals surface area contributed by atoms with Crippen LogP contribution < -0.4 is 0 Å². The highest BCUT2D eigenvalue weighted by molar-refractivity contribution is 5.95. The first-order chi connectivity index (χ1) is 11.3. The fourth-order valence-electron chi connectivity index (χ4n) is 2.52. The Labute approximate surface area is 140 Å². The average Bonchev–Trinajstić information content (AvgIpc) is 2.54. The minimum Gasteiger partial charge on any atom is -0.478 e. The second kappa shape index (κ2) is 6.96. The highest BCUT2D eigenvalue weighted by Gasteiger charge is 2.15. The highest BCUT2D eigenvalue weighted by Crippen LogP contribution is 2.33. The van der Waals surface area contributed by atoms with E-state index < -0.39 is 11.9 Å². The second-order valence-corrected chi connectivity index (χ2v) is 5.45. The van der Waals surface area contributed by atoms with Crippen molar-refractivity contribution in [1.82, 2.24) is 0 Å². The van der Waals surface area contributed by atoms with Gasteiger partial charge >= 0.3 is 11.9 Å². The molecule has 0 atom stereocenters. The topological polar surface area (TPSA) is 74.6 Å². The first-order valence-corrected chi connectivity index (χ1v) is 7.38. The molecule has 0 aliphatic rings. The lowest BCUT2D eigenvalue weighted by Gasteiger charge is -2.14. The maximum atomic E-state index is 11.3. The van der Waals surface area contributed by atoms with Crippen LogP contribution in [0.4, 0.5) is 0 Å². The van der Waals surface area contributed by atoms with Gasteiger partial charge in [0, 0.05) is 0 Å². The summed E-state index contributed by atoms with van der Waals surface area (Å²) in [6, 6.07) is 9.59. The summed E-state index contributed by atoms with van der Waals surface area (Å²) in [4.78, 5) is 22.6. The van der Waals surface area contributed by atoms with Gasteiger partial charge in [-0.3, -0.25) is 0 Å². The summed E-state index contributed by atoms with van der Waals surface area (Å²) in [6.07, 6.45) is 3.71. The third-order valence-corrected chi connectivity index (χ3v) is 3.66. The SMILES string of the molecule is C=C(C)c1ccc(C(=O)O)cc1-c1cc(C(=O)O)ccc1/C=C\C. The number of carboxylic acids is 2. The van der Waals surface area contributed by atoms with Gasteiger partial charge < -0.3 is 10.2 Å². The van der Waals surface area contributed by atoms with Crippen molar-refractivity contribution in [2.45, 2.75) is 13.8 Å². The molecule has 0 fully saturated rings. The standard InChI is InChI=1S/C20H18O4/c1-4-5-13-6-7-14(19(21)22)10-17(13)18-11-15(20(23)24)8-9-16(18)12(2)3/h4-11H,2H2,1,3H3,(H,21,22)(H,23,24)/b5-4-. The van der Waals surface area contributed by atoms with Crippen molar-refractivity contribution in [3.05, 3.63) is 71.3 Å². The zero-order valence-electron chi connectivity index (χ0n) is 13.5. The predicted octanol–water partition coefficient (Wildman–Crippen LogP) is 4.82. The zero-order chi connectivity index (χ0) is 17.9. The van der Waals surface area contributed by atoms with Crippen molar-refractivity contribution in [1.29, 1.82) is 0 Å². The molecule has 2 aromatic carbocycles. The zero-order valence-corrected chi connectivity index (χ0v) is 13.5. The van der Waals surface area contributed by atoms with Gasteiger partial charge in [0.15, 0.2) is 0 Å². The Hall–Kier alpha value is -3.14. The number of aromatic carboxylic acids is 2. The van der Waals surface area contributed by atoms with E-state index in [-0.39, 0.29) is 11.1 Å². The van der Waals surface area contributed by atoms with Crippen molar-refractivity contribution < 1.29 is 19.8 Å². The summed E-state index contributed by atoms with van der Waals surface area (Å²) in [5.74, 6) is -2.07. The van der Waals surface area contributed by atoms with Crippen molar-refractivity contribution in [3.8, 4) is 11.1 Å². The highest BCUT2D eigenvalue weighted by atomic mass is 16.4. The van der Waals surface area contributed by atoms with Crippen molar-refractivity contribution in [3.63, 3.8) is 0 Å². The van der Waals surface area contributed by atoms with Crippen LogP contribution in [0.15, 0.2) is 49.1 Å². The quantitative estimate of drug-likeness (QED) is 0.828. The lowest BCUT2D eigenvalue weighted by Crippen LogP contribution is -2.01. The molecule has 0 heterocycles. The molecule has 0 aromatic heterocycles. The van der Waals surface area contributed by atoms with E-state index in [1.165, 1.54) is 12.1 Å². The number of allylic oxidation sites excluding steroid dienone is 2. The van der Waals surface area contributed by atoms with Gasteiger partial charge in [-0.1, -0.05) is 36.4 Å². The fourth-order valence-corrected chi connectivity index (χ4v) is 2.52. The van der Waals surface area contributed by atoms with Gasteiger partial charge in [0.1, 0.15) is 0 Å². The summed E-state index contributed by atoms with van der Waals surface area (Å²) in [5, 5.41) is 18.5. The van der Waals surface area contributed by atoms with Gasteiger partial charge in [-0.25, -0.2) is 9.59 Å². The summed E-state index contributed by atoms with van der Waals surface area (Å²) < 4.78 is 0. The Balaban J connectivity index is 2.84. The van der Waals surface area contributed by atoms with Gasteiger partial charge in [0.2, 0.25) is 0 Å². The summed E-state index contributed by atoms with van der Waals surface area (Å²) in [7, 11) is 0. The van der Waals surface area contributed by atoms with Crippen LogP contribution in [-0.2, 0) is 0 Å². The molecule has 0 saturated heterocycles. The number of carboxylic acid groups (broad SMARTS) is 2. The van der Waals surface area contributed by atoms with Crippen LogP contribution in [-0.4, -0.2) is 22.2 Å². The second-order valence-electron chi connectivity index (χ2n) is 5.45. The van der Waals surface area contributed by atoms with Crippen molar-refractivity contribution in [2.24, 2.45) is 0 Å². The maximum Gasteiger partial charge on any atom is 0.335 e. The molecule has 2 rings (SSSR count). The molecule has 0 spiro atoms. The molecule has 2 aromatic rings. The normalized spacial score (nSPS) is 10.8. The maximum absolute atomic E-state index is 11.3. The number of hydrogen-bond donors (Lipinski definition) is 2. The lowest BCUT2D eigenvalue weighted by molar-refractivity contribution is 0.0686. The Morgan fingerprint density at radius 2 is 1.50 bits per heavy atom. The van der Waals surface area contributed by atoms with Crippen LogP contribution in [0.2, 0.25) is 0 Å². The number of carbonyl (C=O) groups is 2. The van der Waals surface area contributed by atoms with Gasteiger partial charge in [0.25, 0.3) is 0 Å². The largest absolute Gasteiger partial charge is 0.478 e. The Morgan fingerprint density at radius 1 is 0.958 bits per heavy atom. The van der Waals surface area contributed by atoms with E-state index in [1.54, 1.807) is 24.3 Å². The van der Waals surface area contributed by atoms with Gasteiger partial charge in [-0.15, -0.1) is 0 Å². The lowest BCUT2D eigenvalue weighted by atomic mass is 9.90. The van der Waals surface area contributed by atoms with Crippen LogP contribution in [0.1, 0.15) is 45.7 Å². The molecular formula is C20H18O4. The van der Waals surface area contributed by atoms with E-state index in [1.807, 2.05) is 26.0 Å². The van der Waals surface area contributed by atoms with E-state index in [4.69, 9.17) is 0 Å². The van der Waals surface area contributed by atoms with Crippen LogP contribution in [0.25, 0.3) is 22.8 Å². The van der Waals surface area contributed by atoms with E-state index in [0.717, 1.165) is 16.7 Å². The summed E-state index contributed by atoms with van der Waals surface area (Å²) in [6.45, 7) is 7.63. The number of rotatable bonds is 5. The van der Waals surface area contributed by atoms with Gasteiger partial charge in [0.05, 0.1) is 11.1 Å². The summed E-state index contributed by atoms with van der Waals surface area (Å²) in [5.41, 5.74) is 3.97. The monoisotopic (exact) mass is 322 g/mol. The van der Waals surface area contributed by atoms with E-state index in [2.05, 4.69) is 6.58 Å². The smallest absolute Gasteiger partial charge is 0.335 e. The molecule has 2 N–H and O–H groups in total. The first kappa shape index (κ1) is 17.2. The molecule has 24 heavy (non-hydrogen) atoms. The Morgan fingerprint density at radius 3 is 2.00 bits per heavy atom. The number of hydrogen-bond acceptors (Lipinski definition) is 2. The van der Waals surface area contributed by atoms with Crippen LogP contribution in [0.5, 0.6) is 0 Å².